The van der Waals surface area contributed by atoms with Gasteiger partial charge in [0.15, 0.2) is 0 Å². The van der Waals surface area contributed by atoms with E-state index in [4.69, 9.17) is 14.2 Å². The second-order valence-electron chi connectivity index (χ2n) is 5.98. The lowest BCUT2D eigenvalue weighted by Crippen LogP contribution is -2.36. The first-order chi connectivity index (χ1) is 13.1. The molecule has 2 aromatic carbocycles. The van der Waals surface area contributed by atoms with Crippen LogP contribution in [0.4, 0.5) is 11.4 Å². The highest BCUT2D eigenvalue weighted by Gasteiger charge is 2.20. The number of carbonyl (C=O) groups is 2. The van der Waals surface area contributed by atoms with Crippen molar-refractivity contribution in [1.82, 2.24) is 0 Å². The highest BCUT2D eigenvalue weighted by molar-refractivity contribution is 6.08. The van der Waals surface area contributed by atoms with E-state index < -0.39 is 5.97 Å². The van der Waals surface area contributed by atoms with Crippen LogP contribution in [0.2, 0.25) is 0 Å². The molecule has 0 radical (unpaired) electrons. The first-order valence-electron chi connectivity index (χ1n) is 8.63. The van der Waals surface area contributed by atoms with Crippen LogP contribution < -0.4 is 15.0 Å². The van der Waals surface area contributed by atoms with Crippen molar-refractivity contribution in [3.05, 3.63) is 53.6 Å². The van der Waals surface area contributed by atoms with Gasteiger partial charge < -0.3 is 24.4 Å². The molecule has 3 rings (SSSR count). The summed E-state index contributed by atoms with van der Waals surface area (Å²) in [5.74, 6) is -0.299. The maximum Gasteiger partial charge on any atom is 0.337 e. The van der Waals surface area contributed by atoms with Gasteiger partial charge in [-0.25, -0.2) is 4.79 Å². The van der Waals surface area contributed by atoms with Gasteiger partial charge in [0, 0.05) is 13.1 Å². The van der Waals surface area contributed by atoms with Crippen LogP contribution >= 0.6 is 0 Å². The average Bonchev–Trinajstić information content (AvgIpc) is 2.73. The van der Waals surface area contributed by atoms with Crippen LogP contribution in [-0.4, -0.2) is 52.4 Å². The predicted molar refractivity (Wildman–Crippen MR) is 102 cm³/mol. The zero-order valence-electron chi connectivity index (χ0n) is 15.4. The fraction of sp³-hybridized carbons (Fsp3) is 0.300. The first-order valence-corrected chi connectivity index (χ1v) is 8.63. The Balaban J connectivity index is 1.95. The molecule has 1 fully saturated rings. The smallest absolute Gasteiger partial charge is 0.337 e. The number of rotatable bonds is 5. The fourth-order valence-corrected chi connectivity index (χ4v) is 2.98. The molecule has 2 aromatic rings. The van der Waals surface area contributed by atoms with E-state index in [9.17, 15) is 9.59 Å². The number of esters is 1. The molecule has 7 heteroatoms. The summed E-state index contributed by atoms with van der Waals surface area (Å²) >= 11 is 0. The molecule has 7 nitrogen and oxygen atoms in total. The summed E-state index contributed by atoms with van der Waals surface area (Å²) in [7, 11) is 2.84. The van der Waals surface area contributed by atoms with E-state index in [1.54, 1.807) is 36.4 Å². The number of amides is 1. The summed E-state index contributed by atoms with van der Waals surface area (Å²) in [5.41, 5.74) is 2.14. The SMILES string of the molecule is COC(=O)c1ccc(N2CCOCC2)c(NC(=O)c2ccccc2OC)c1. The minimum Gasteiger partial charge on any atom is -0.496 e. The Hall–Kier alpha value is -3.06. The van der Waals surface area contributed by atoms with Gasteiger partial charge in [-0.2, -0.15) is 0 Å². The van der Waals surface area contributed by atoms with Crippen molar-refractivity contribution in [3.8, 4) is 5.75 Å². The molecule has 27 heavy (non-hydrogen) atoms. The number of ether oxygens (including phenoxy) is 3. The van der Waals surface area contributed by atoms with Gasteiger partial charge in [-0.15, -0.1) is 0 Å². The highest BCUT2D eigenvalue weighted by Crippen LogP contribution is 2.30. The molecule has 1 amide bonds. The molecule has 0 bridgehead atoms. The van der Waals surface area contributed by atoms with Crippen molar-refractivity contribution >= 4 is 23.3 Å². The molecule has 1 N–H and O–H groups in total. The van der Waals surface area contributed by atoms with Gasteiger partial charge >= 0.3 is 5.97 Å². The molecule has 1 heterocycles. The molecular formula is C20H22N2O5. The minimum absolute atomic E-state index is 0.316. The van der Waals surface area contributed by atoms with Crippen molar-refractivity contribution in [2.24, 2.45) is 0 Å². The van der Waals surface area contributed by atoms with E-state index in [0.717, 1.165) is 5.69 Å². The van der Waals surface area contributed by atoms with Gasteiger partial charge in [-0.1, -0.05) is 12.1 Å². The van der Waals surface area contributed by atoms with Gasteiger partial charge in [0.05, 0.1) is 49.9 Å². The molecule has 142 valence electrons. The summed E-state index contributed by atoms with van der Waals surface area (Å²) in [5, 5.41) is 2.91. The molecule has 1 aliphatic heterocycles. The maximum atomic E-state index is 12.8. The quantitative estimate of drug-likeness (QED) is 0.815. The molecule has 1 aliphatic rings. The number of hydrogen-bond donors (Lipinski definition) is 1. The Morgan fingerprint density at radius 1 is 1.07 bits per heavy atom. The van der Waals surface area contributed by atoms with Crippen LogP contribution in [0.3, 0.4) is 0 Å². The molecule has 1 saturated heterocycles. The summed E-state index contributed by atoms with van der Waals surface area (Å²) < 4.78 is 15.5. The number of hydrogen-bond acceptors (Lipinski definition) is 6. The Morgan fingerprint density at radius 3 is 2.52 bits per heavy atom. The molecule has 0 atom stereocenters. The highest BCUT2D eigenvalue weighted by atomic mass is 16.5. The Kier molecular flexibility index (Phi) is 5.93. The number of morpholine rings is 1. The average molecular weight is 370 g/mol. The number of carbonyl (C=O) groups excluding carboxylic acids is 2. The first kappa shape index (κ1) is 18.7. The monoisotopic (exact) mass is 370 g/mol. The lowest BCUT2D eigenvalue weighted by atomic mass is 10.1. The summed E-state index contributed by atoms with van der Waals surface area (Å²) in [6.07, 6.45) is 0. The van der Waals surface area contributed by atoms with Gasteiger partial charge in [-0.3, -0.25) is 4.79 Å². The van der Waals surface area contributed by atoms with E-state index in [2.05, 4.69) is 10.2 Å². The van der Waals surface area contributed by atoms with E-state index >= 15 is 0 Å². The maximum absolute atomic E-state index is 12.8. The number of nitrogens with one attached hydrogen (secondary N) is 1. The Morgan fingerprint density at radius 2 is 1.81 bits per heavy atom. The topological polar surface area (TPSA) is 77.1 Å². The van der Waals surface area contributed by atoms with Gasteiger partial charge in [0.25, 0.3) is 5.91 Å². The fourth-order valence-electron chi connectivity index (χ4n) is 2.98. The van der Waals surface area contributed by atoms with E-state index in [-0.39, 0.29) is 5.91 Å². The summed E-state index contributed by atoms with van der Waals surface area (Å²) in [4.78, 5) is 26.9. The third-order valence-corrected chi connectivity index (χ3v) is 4.37. The Labute approximate surface area is 157 Å². The van der Waals surface area contributed by atoms with E-state index in [1.165, 1.54) is 14.2 Å². The zero-order valence-corrected chi connectivity index (χ0v) is 15.4. The number of anilines is 2. The predicted octanol–water partition coefficient (Wildman–Crippen LogP) is 2.57. The molecule has 0 spiro atoms. The second-order valence-corrected chi connectivity index (χ2v) is 5.98. The van der Waals surface area contributed by atoms with Crippen molar-refractivity contribution in [1.29, 1.82) is 0 Å². The second kappa shape index (κ2) is 8.55. The molecule has 0 aliphatic carbocycles. The molecule has 0 saturated carbocycles. The number of para-hydroxylation sites is 1. The van der Waals surface area contributed by atoms with Crippen LogP contribution in [0.5, 0.6) is 5.75 Å². The lowest BCUT2D eigenvalue weighted by molar-refractivity contribution is 0.0600. The third kappa shape index (κ3) is 4.20. The summed E-state index contributed by atoms with van der Waals surface area (Å²) in [6.45, 7) is 2.63. The molecule has 0 aromatic heterocycles. The molecular weight excluding hydrogens is 348 g/mol. The third-order valence-electron chi connectivity index (χ3n) is 4.37. The Bertz CT molecular complexity index is 831. The van der Waals surface area contributed by atoms with E-state index in [0.29, 0.717) is 48.9 Å². The largest absolute Gasteiger partial charge is 0.496 e. The normalized spacial score (nSPS) is 13.8. The van der Waals surface area contributed by atoms with Crippen LogP contribution in [0.25, 0.3) is 0 Å². The van der Waals surface area contributed by atoms with E-state index in [1.807, 2.05) is 6.07 Å². The number of nitrogens with zero attached hydrogens (tertiary/aromatic N) is 1. The summed E-state index contributed by atoms with van der Waals surface area (Å²) in [6, 6.07) is 12.1. The zero-order chi connectivity index (χ0) is 19.2. The van der Waals surface area contributed by atoms with Gasteiger partial charge in [0.1, 0.15) is 5.75 Å². The lowest BCUT2D eigenvalue weighted by Gasteiger charge is -2.30. The van der Waals surface area contributed by atoms with Gasteiger partial charge in [-0.05, 0) is 30.3 Å². The van der Waals surface area contributed by atoms with Gasteiger partial charge in [0.2, 0.25) is 0 Å². The van der Waals surface area contributed by atoms with Crippen LogP contribution in [0, 0.1) is 0 Å². The number of methoxy groups -OCH3 is 2. The van der Waals surface area contributed by atoms with Crippen LogP contribution in [0.15, 0.2) is 42.5 Å². The van der Waals surface area contributed by atoms with Crippen molar-refractivity contribution < 1.29 is 23.8 Å². The van der Waals surface area contributed by atoms with Crippen LogP contribution in [0.1, 0.15) is 20.7 Å². The van der Waals surface area contributed by atoms with Crippen molar-refractivity contribution in [2.75, 3.05) is 50.7 Å². The van der Waals surface area contributed by atoms with Crippen LogP contribution in [-0.2, 0) is 9.47 Å². The number of benzene rings is 2. The molecule has 0 unspecified atom stereocenters. The van der Waals surface area contributed by atoms with Crippen molar-refractivity contribution in [2.45, 2.75) is 0 Å². The minimum atomic E-state index is -0.462. The standard InChI is InChI=1S/C20H22N2O5/c1-25-18-6-4-3-5-15(18)19(23)21-16-13-14(20(24)26-2)7-8-17(16)22-9-11-27-12-10-22/h3-8,13H,9-12H2,1-2H3,(H,21,23). The van der Waals surface area contributed by atoms with Crippen molar-refractivity contribution in [3.63, 3.8) is 0 Å².